The average molecular weight is 467 g/mol. The molecular weight excluding hydrogens is 443 g/mol. The van der Waals surface area contributed by atoms with Crippen molar-refractivity contribution < 1.29 is 9.90 Å². The molecule has 1 atom stereocenters. The fourth-order valence-electron chi connectivity index (χ4n) is 4.40. The standard InChI is InChI=1S/C26H23ClN2O2.ClH/c27-21-9-5-18(6-10-21)23-3-1-2-4-24(23)25(17-28)19-13-15-29(16-14-19)22-11-7-20(8-12-22)26(30)31;/h1-12,19,25H,13-16H2,(H,30,31);1H/t25-;/m0./s1. The lowest BCUT2D eigenvalue weighted by Gasteiger charge is -2.36. The lowest BCUT2D eigenvalue weighted by molar-refractivity contribution is 0.0697. The molecule has 0 amide bonds. The second-order valence-electron chi connectivity index (χ2n) is 7.88. The maximum Gasteiger partial charge on any atom is 0.335 e. The van der Waals surface area contributed by atoms with Crippen LogP contribution in [0, 0.1) is 17.2 Å². The van der Waals surface area contributed by atoms with Crippen molar-refractivity contribution in [2.45, 2.75) is 18.8 Å². The molecule has 1 aliphatic rings. The highest BCUT2D eigenvalue weighted by atomic mass is 35.5. The zero-order valence-electron chi connectivity index (χ0n) is 17.4. The van der Waals surface area contributed by atoms with Crippen LogP contribution in [0.2, 0.25) is 5.02 Å². The smallest absolute Gasteiger partial charge is 0.335 e. The predicted octanol–water partition coefficient (Wildman–Crippen LogP) is 6.65. The van der Waals surface area contributed by atoms with Crippen molar-refractivity contribution in [3.8, 4) is 17.2 Å². The van der Waals surface area contributed by atoms with Gasteiger partial charge in [0.15, 0.2) is 0 Å². The number of halogens is 2. The topological polar surface area (TPSA) is 64.3 Å². The molecule has 0 spiro atoms. The normalized spacial score (nSPS) is 14.8. The first-order valence-corrected chi connectivity index (χ1v) is 10.8. The molecule has 32 heavy (non-hydrogen) atoms. The first-order chi connectivity index (χ1) is 15.1. The van der Waals surface area contributed by atoms with E-state index >= 15 is 0 Å². The molecular formula is C26H24Cl2N2O2. The number of nitriles is 1. The van der Waals surface area contributed by atoms with Gasteiger partial charge in [-0.15, -0.1) is 12.4 Å². The minimum Gasteiger partial charge on any atom is -0.478 e. The third-order valence-corrected chi connectivity index (χ3v) is 6.33. The van der Waals surface area contributed by atoms with Crippen LogP contribution in [0.4, 0.5) is 5.69 Å². The van der Waals surface area contributed by atoms with Gasteiger partial charge in [-0.25, -0.2) is 4.79 Å². The van der Waals surface area contributed by atoms with E-state index in [0.29, 0.717) is 10.6 Å². The van der Waals surface area contributed by atoms with Gasteiger partial charge < -0.3 is 10.0 Å². The van der Waals surface area contributed by atoms with E-state index in [4.69, 9.17) is 16.7 Å². The summed E-state index contributed by atoms with van der Waals surface area (Å²) in [6.45, 7) is 1.69. The van der Waals surface area contributed by atoms with Crippen molar-refractivity contribution in [2.24, 2.45) is 5.92 Å². The number of rotatable bonds is 5. The summed E-state index contributed by atoms with van der Waals surface area (Å²) in [5.74, 6) is -0.821. The zero-order chi connectivity index (χ0) is 21.8. The van der Waals surface area contributed by atoms with Crippen molar-refractivity contribution in [3.05, 3.63) is 88.9 Å². The minimum absolute atomic E-state index is 0. The van der Waals surface area contributed by atoms with E-state index in [1.165, 1.54) is 0 Å². The maximum atomic E-state index is 11.1. The summed E-state index contributed by atoms with van der Waals surface area (Å²) in [5.41, 5.74) is 4.53. The number of carboxylic acid groups (broad SMARTS) is 1. The van der Waals surface area contributed by atoms with Crippen LogP contribution in [-0.4, -0.2) is 24.2 Å². The zero-order valence-corrected chi connectivity index (χ0v) is 19.0. The van der Waals surface area contributed by atoms with Crippen LogP contribution < -0.4 is 4.90 Å². The van der Waals surface area contributed by atoms with Crippen molar-refractivity contribution >= 4 is 35.7 Å². The van der Waals surface area contributed by atoms with Crippen LogP contribution >= 0.6 is 24.0 Å². The van der Waals surface area contributed by atoms with Crippen LogP contribution in [0.15, 0.2) is 72.8 Å². The molecule has 3 aromatic rings. The van der Waals surface area contributed by atoms with Crippen LogP contribution in [0.3, 0.4) is 0 Å². The number of carbonyl (C=O) groups is 1. The highest BCUT2D eigenvalue weighted by molar-refractivity contribution is 6.30. The molecule has 0 aromatic heterocycles. The molecule has 1 heterocycles. The summed E-state index contributed by atoms with van der Waals surface area (Å²) in [4.78, 5) is 13.3. The van der Waals surface area contributed by atoms with Crippen LogP contribution in [-0.2, 0) is 0 Å². The number of benzene rings is 3. The molecule has 1 aliphatic heterocycles. The monoisotopic (exact) mass is 466 g/mol. The fraction of sp³-hybridized carbons (Fsp3) is 0.231. The van der Waals surface area contributed by atoms with E-state index in [1.807, 2.05) is 48.5 Å². The number of hydrogen-bond acceptors (Lipinski definition) is 3. The molecule has 4 nitrogen and oxygen atoms in total. The summed E-state index contributed by atoms with van der Waals surface area (Å²) in [7, 11) is 0. The lowest BCUT2D eigenvalue weighted by Crippen LogP contribution is -2.35. The quantitative estimate of drug-likeness (QED) is 0.456. The molecule has 4 rings (SSSR count). The van der Waals surface area contributed by atoms with Gasteiger partial charge in [0, 0.05) is 23.8 Å². The highest BCUT2D eigenvalue weighted by Gasteiger charge is 2.29. The third kappa shape index (κ3) is 5.07. The molecule has 1 N–H and O–H groups in total. The molecule has 0 radical (unpaired) electrons. The number of nitrogens with zero attached hydrogens (tertiary/aromatic N) is 2. The summed E-state index contributed by atoms with van der Waals surface area (Å²) in [5, 5.41) is 19.9. The molecule has 0 aliphatic carbocycles. The Labute approximate surface area is 199 Å². The van der Waals surface area contributed by atoms with E-state index in [2.05, 4.69) is 23.1 Å². The van der Waals surface area contributed by atoms with E-state index in [1.54, 1.807) is 12.1 Å². The van der Waals surface area contributed by atoms with Gasteiger partial charge in [-0.05, 0) is 71.8 Å². The van der Waals surface area contributed by atoms with Crippen LogP contribution in [0.1, 0.15) is 34.7 Å². The van der Waals surface area contributed by atoms with E-state index in [-0.39, 0.29) is 24.2 Å². The fourth-order valence-corrected chi connectivity index (χ4v) is 4.52. The number of hydrogen-bond donors (Lipinski definition) is 1. The molecule has 0 unspecified atom stereocenters. The Hall–Kier alpha value is -3.00. The van der Waals surface area contributed by atoms with Gasteiger partial charge in [0.2, 0.25) is 0 Å². The molecule has 0 saturated carbocycles. The van der Waals surface area contributed by atoms with Crippen molar-refractivity contribution in [3.63, 3.8) is 0 Å². The maximum absolute atomic E-state index is 11.1. The lowest BCUT2D eigenvalue weighted by atomic mass is 9.78. The molecule has 1 saturated heterocycles. The first-order valence-electron chi connectivity index (χ1n) is 10.4. The number of anilines is 1. The Bertz CT molecular complexity index is 1100. The molecule has 0 bridgehead atoms. The second kappa shape index (κ2) is 10.5. The number of carboxylic acids is 1. The van der Waals surface area contributed by atoms with E-state index < -0.39 is 5.97 Å². The van der Waals surface area contributed by atoms with Gasteiger partial charge in [0.1, 0.15) is 0 Å². The molecule has 6 heteroatoms. The van der Waals surface area contributed by atoms with Gasteiger partial charge in [0.25, 0.3) is 0 Å². The Kier molecular flexibility index (Phi) is 7.80. The molecule has 3 aromatic carbocycles. The molecule has 1 fully saturated rings. The Morgan fingerprint density at radius 1 is 1.00 bits per heavy atom. The Morgan fingerprint density at radius 2 is 1.62 bits per heavy atom. The van der Waals surface area contributed by atoms with Crippen LogP contribution in [0.25, 0.3) is 11.1 Å². The van der Waals surface area contributed by atoms with E-state index in [0.717, 1.165) is 48.3 Å². The van der Waals surface area contributed by atoms with Gasteiger partial charge >= 0.3 is 5.97 Å². The highest BCUT2D eigenvalue weighted by Crippen LogP contribution is 2.38. The van der Waals surface area contributed by atoms with Gasteiger partial charge in [-0.3, -0.25) is 0 Å². The predicted molar refractivity (Wildman–Crippen MR) is 131 cm³/mol. The summed E-state index contributed by atoms with van der Waals surface area (Å²) >= 11 is 6.05. The minimum atomic E-state index is -0.915. The van der Waals surface area contributed by atoms with Gasteiger partial charge in [0.05, 0.1) is 17.6 Å². The number of piperidine rings is 1. The average Bonchev–Trinajstić information content (AvgIpc) is 2.81. The van der Waals surface area contributed by atoms with Crippen molar-refractivity contribution in [2.75, 3.05) is 18.0 Å². The van der Waals surface area contributed by atoms with Gasteiger partial charge in [-0.2, -0.15) is 5.26 Å². The Morgan fingerprint density at radius 3 is 2.22 bits per heavy atom. The van der Waals surface area contributed by atoms with Crippen molar-refractivity contribution in [1.82, 2.24) is 0 Å². The summed E-state index contributed by atoms with van der Waals surface area (Å²) in [6.07, 6.45) is 1.82. The second-order valence-corrected chi connectivity index (χ2v) is 8.31. The van der Waals surface area contributed by atoms with E-state index in [9.17, 15) is 10.1 Å². The first kappa shape index (κ1) is 23.7. The number of aromatic carboxylic acids is 1. The van der Waals surface area contributed by atoms with Crippen molar-refractivity contribution in [1.29, 1.82) is 5.26 Å². The van der Waals surface area contributed by atoms with Crippen LogP contribution in [0.5, 0.6) is 0 Å². The van der Waals surface area contributed by atoms with Gasteiger partial charge in [-0.1, -0.05) is 48.0 Å². The molecule has 164 valence electrons. The summed E-state index contributed by atoms with van der Waals surface area (Å²) < 4.78 is 0. The Balaban J connectivity index is 0.00000289. The SMILES string of the molecule is Cl.N#C[C@H](c1ccccc1-c1ccc(Cl)cc1)C1CCN(c2ccc(C(=O)O)cc2)CC1. The summed E-state index contributed by atoms with van der Waals surface area (Å²) in [6, 6.07) is 25.5. The largest absolute Gasteiger partial charge is 0.478 e. The third-order valence-electron chi connectivity index (χ3n) is 6.08.